The fourth-order valence-corrected chi connectivity index (χ4v) is 2.51. The highest BCUT2D eigenvalue weighted by Gasteiger charge is 2.16. The van der Waals surface area contributed by atoms with Gasteiger partial charge in [0.25, 0.3) is 0 Å². The van der Waals surface area contributed by atoms with Gasteiger partial charge in [-0.1, -0.05) is 29.8 Å². The zero-order valence-corrected chi connectivity index (χ0v) is 11.9. The molecular weight excluding hydrogens is 237 g/mol. The molecule has 0 saturated carbocycles. The Balaban J connectivity index is 2.52. The first kappa shape index (κ1) is 13.8. The van der Waals surface area contributed by atoms with Gasteiger partial charge in [0.15, 0.2) is 0 Å². The molecule has 0 spiro atoms. The van der Waals surface area contributed by atoms with Crippen LogP contribution in [-0.2, 0) is 0 Å². The predicted molar refractivity (Wildman–Crippen MR) is 78.0 cm³/mol. The van der Waals surface area contributed by atoms with Crippen LogP contribution in [0, 0.1) is 26.6 Å². The van der Waals surface area contributed by atoms with E-state index in [4.69, 9.17) is 0 Å². The fourth-order valence-electron chi connectivity index (χ4n) is 2.51. The molecule has 2 aromatic carbocycles. The molecule has 2 rings (SSSR count). The van der Waals surface area contributed by atoms with Crippen LogP contribution < -0.4 is 5.32 Å². The Hall–Kier alpha value is -1.67. The molecule has 0 fully saturated rings. The summed E-state index contributed by atoms with van der Waals surface area (Å²) in [6, 6.07) is 11.5. The molecule has 0 aliphatic heterocycles. The molecule has 0 heterocycles. The Morgan fingerprint density at radius 1 is 0.895 bits per heavy atom. The van der Waals surface area contributed by atoms with Gasteiger partial charge in [0.2, 0.25) is 0 Å². The van der Waals surface area contributed by atoms with E-state index >= 15 is 0 Å². The van der Waals surface area contributed by atoms with Gasteiger partial charge in [0.05, 0.1) is 6.04 Å². The Morgan fingerprint density at radius 2 is 1.63 bits per heavy atom. The lowest BCUT2D eigenvalue weighted by atomic mass is 9.91. The van der Waals surface area contributed by atoms with E-state index in [9.17, 15) is 4.39 Å². The molecule has 0 radical (unpaired) electrons. The minimum Gasteiger partial charge on any atom is -0.309 e. The SMILES string of the molecule is CNC(c1ccc(F)cc1C)c1cc(C)ccc1C. The first-order valence-corrected chi connectivity index (χ1v) is 6.53. The van der Waals surface area contributed by atoms with E-state index in [0.717, 1.165) is 11.1 Å². The Bertz CT molecular complexity index is 590. The minimum absolute atomic E-state index is 0.0977. The van der Waals surface area contributed by atoms with Gasteiger partial charge in [-0.3, -0.25) is 0 Å². The standard InChI is InChI=1S/C17H20FN/c1-11-5-6-12(2)16(9-11)17(19-4)15-8-7-14(18)10-13(15)3/h5-10,17,19H,1-4H3. The van der Waals surface area contributed by atoms with Crippen molar-refractivity contribution in [1.29, 1.82) is 0 Å². The average molecular weight is 257 g/mol. The average Bonchev–Trinajstić information content (AvgIpc) is 2.36. The van der Waals surface area contributed by atoms with Gasteiger partial charge >= 0.3 is 0 Å². The summed E-state index contributed by atoms with van der Waals surface area (Å²) in [6.07, 6.45) is 0. The van der Waals surface area contributed by atoms with Crippen molar-refractivity contribution in [2.45, 2.75) is 26.8 Å². The van der Waals surface area contributed by atoms with Crippen molar-refractivity contribution in [3.63, 3.8) is 0 Å². The molecule has 0 aliphatic rings. The number of aryl methyl sites for hydroxylation is 3. The zero-order chi connectivity index (χ0) is 14.0. The number of benzene rings is 2. The van der Waals surface area contributed by atoms with E-state index in [1.165, 1.54) is 22.8 Å². The van der Waals surface area contributed by atoms with Crippen molar-refractivity contribution < 1.29 is 4.39 Å². The molecule has 0 bridgehead atoms. The smallest absolute Gasteiger partial charge is 0.123 e. The molecule has 0 amide bonds. The molecule has 2 aromatic rings. The molecule has 2 heteroatoms. The van der Waals surface area contributed by atoms with Crippen LogP contribution in [0.25, 0.3) is 0 Å². The molecule has 1 unspecified atom stereocenters. The maximum Gasteiger partial charge on any atom is 0.123 e. The van der Waals surface area contributed by atoms with E-state index in [-0.39, 0.29) is 11.9 Å². The maximum atomic E-state index is 13.2. The van der Waals surface area contributed by atoms with Gasteiger partial charge in [-0.05, 0) is 62.2 Å². The molecule has 0 aromatic heterocycles. The third-order valence-corrected chi connectivity index (χ3v) is 3.58. The molecule has 1 N–H and O–H groups in total. The number of hydrogen-bond donors (Lipinski definition) is 1. The predicted octanol–water partition coefficient (Wildman–Crippen LogP) is 4.06. The van der Waals surface area contributed by atoms with Crippen LogP contribution >= 0.6 is 0 Å². The highest BCUT2D eigenvalue weighted by atomic mass is 19.1. The fraction of sp³-hybridized carbons (Fsp3) is 0.294. The first-order chi connectivity index (χ1) is 9.02. The molecule has 100 valence electrons. The Labute approximate surface area is 114 Å². The topological polar surface area (TPSA) is 12.0 Å². The van der Waals surface area contributed by atoms with Gasteiger partial charge in [0.1, 0.15) is 5.82 Å². The van der Waals surface area contributed by atoms with Crippen LogP contribution in [0.15, 0.2) is 36.4 Å². The van der Waals surface area contributed by atoms with Crippen LogP contribution in [0.2, 0.25) is 0 Å². The van der Waals surface area contributed by atoms with Crippen LogP contribution in [0.1, 0.15) is 33.9 Å². The van der Waals surface area contributed by atoms with E-state index in [1.807, 2.05) is 20.0 Å². The lowest BCUT2D eigenvalue weighted by Crippen LogP contribution is -2.20. The van der Waals surface area contributed by atoms with Gasteiger partial charge in [0, 0.05) is 0 Å². The lowest BCUT2D eigenvalue weighted by molar-refractivity contribution is 0.620. The Kier molecular flexibility index (Phi) is 4.01. The highest BCUT2D eigenvalue weighted by Crippen LogP contribution is 2.28. The summed E-state index contributed by atoms with van der Waals surface area (Å²) in [5.41, 5.74) is 5.82. The molecule has 0 saturated heterocycles. The molecule has 19 heavy (non-hydrogen) atoms. The van der Waals surface area contributed by atoms with Crippen molar-refractivity contribution in [2.75, 3.05) is 7.05 Å². The van der Waals surface area contributed by atoms with Gasteiger partial charge in [-0.15, -0.1) is 0 Å². The van der Waals surface area contributed by atoms with Crippen molar-refractivity contribution in [2.24, 2.45) is 0 Å². The minimum atomic E-state index is -0.183. The number of rotatable bonds is 3. The third kappa shape index (κ3) is 2.85. The summed E-state index contributed by atoms with van der Waals surface area (Å²) in [5, 5.41) is 3.34. The summed E-state index contributed by atoms with van der Waals surface area (Å²) < 4.78 is 13.2. The second kappa shape index (κ2) is 5.54. The van der Waals surface area contributed by atoms with E-state index in [1.54, 1.807) is 6.07 Å². The number of halogens is 1. The van der Waals surface area contributed by atoms with Crippen molar-refractivity contribution in [1.82, 2.24) is 5.32 Å². The van der Waals surface area contributed by atoms with E-state index in [0.29, 0.717) is 0 Å². The lowest BCUT2D eigenvalue weighted by Gasteiger charge is -2.22. The quantitative estimate of drug-likeness (QED) is 0.874. The first-order valence-electron chi connectivity index (χ1n) is 6.53. The van der Waals surface area contributed by atoms with Crippen LogP contribution in [0.4, 0.5) is 4.39 Å². The monoisotopic (exact) mass is 257 g/mol. The summed E-state index contributed by atoms with van der Waals surface area (Å²) in [4.78, 5) is 0. The second-order valence-corrected chi connectivity index (χ2v) is 5.08. The van der Waals surface area contributed by atoms with Gasteiger partial charge < -0.3 is 5.32 Å². The van der Waals surface area contributed by atoms with Crippen LogP contribution in [0.3, 0.4) is 0 Å². The van der Waals surface area contributed by atoms with Crippen molar-refractivity contribution in [3.8, 4) is 0 Å². The van der Waals surface area contributed by atoms with Crippen LogP contribution in [-0.4, -0.2) is 7.05 Å². The molecule has 1 atom stereocenters. The van der Waals surface area contributed by atoms with Crippen LogP contribution in [0.5, 0.6) is 0 Å². The molecular formula is C17H20FN. The van der Waals surface area contributed by atoms with Crippen molar-refractivity contribution >= 4 is 0 Å². The number of hydrogen-bond acceptors (Lipinski definition) is 1. The molecule has 0 aliphatic carbocycles. The summed E-state index contributed by atoms with van der Waals surface area (Å²) in [6.45, 7) is 6.15. The van der Waals surface area contributed by atoms with E-state index in [2.05, 4.69) is 37.4 Å². The highest BCUT2D eigenvalue weighted by molar-refractivity contribution is 5.42. The summed E-state index contributed by atoms with van der Waals surface area (Å²) >= 11 is 0. The molecule has 1 nitrogen and oxygen atoms in total. The normalized spacial score (nSPS) is 12.5. The van der Waals surface area contributed by atoms with E-state index < -0.39 is 0 Å². The van der Waals surface area contributed by atoms with Crippen molar-refractivity contribution in [3.05, 3.63) is 70.0 Å². The number of nitrogens with one attached hydrogen (secondary N) is 1. The second-order valence-electron chi connectivity index (χ2n) is 5.08. The summed E-state index contributed by atoms with van der Waals surface area (Å²) in [5.74, 6) is -0.183. The zero-order valence-electron chi connectivity index (χ0n) is 11.9. The third-order valence-electron chi connectivity index (χ3n) is 3.58. The summed E-state index contributed by atoms with van der Waals surface area (Å²) in [7, 11) is 1.94. The Morgan fingerprint density at radius 3 is 2.26 bits per heavy atom. The maximum absolute atomic E-state index is 13.2. The van der Waals surface area contributed by atoms with Gasteiger partial charge in [-0.2, -0.15) is 0 Å². The largest absolute Gasteiger partial charge is 0.309 e. The van der Waals surface area contributed by atoms with Gasteiger partial charge in [-0.25, -0.2) is 4.39 Å².